The molecule has 138 valence electrons. The zero-order chi connectivity index (χ0) is 19.0. The number of ether oxygens (including phenoxy) is 1. The van der Waals surface area contributed by atoms with E-state index in [1.165, 1.54) is 0 Å². The molecule has 0 bridgehead atoms. The fourth-order valence-corrected chi connectivity index (χ4v) is 2.29. The summed E-state index contributed by atoms with van der Waals surface area (Å²) in [5.41, 5.74) is 2.00. The molecule has 2 N–H and O–H groups in total. The minimum Gasteiger partial charge on any atom is -0.480 e. The van der Waals surface area contributed by atoms with Gasteiger partial charge in [0, 0.05) is 12.8 Å². The molecule has 25 heavy (non-hydrogen) atoms. The lowest BCUT2D eigenvalue weighted by Crippen LogP contribution is -2.42. The number of hydrogen-bond donors (Lipinski definition) is 2. The second-order valence-electron chi connectivity index (χ2n) is 6.91. The molecule has 6 nitrogen and oxygen atoms in total. The highest BCUT2D eigenvalue weighted by atomic mass is 16.5. The molecule has 1 amide bonds. The van der Waals surface area contributed by atoms with Crippen molar-refractivity contribution in [2.24, 2.45) is 0 Å². The van der Waals surface area contributed by atoms with Gasteiger partial charge in [-0.15, -0.1) is 0 Å². The number of nitrogens with one attached hydrogen (secondary N) is 1. The Labute approximate surface area is 148 Å². The molecular formula is C19H27NO5. The van der Waals surface area contributed by atoms with Gasteiger partial charge in [-0.25, -0.2) is 4.79 Å². The molecule has 6 heteroatoms. The number of benzene rings is 1. The minimum absolute atomic E-state index is 0.0199. The molecule has 1 rings (SSSR count). The first-order chi connectivity index (χ1) is 11.6. The van der Waals surface area contributed by atoms with Crippen molar-refractivity contribution in [3.8, 4) is 0 Å². The van der Waals surface area contributed by atoms with Crippen LogP contribution in [0.5, 0.6) is 0 Å². The molecule has 0 aliphatic carbocycles. The Hall–Kier alpha value is -2.37. The van der Waals surface area contributed by atoms with Crippen LogP contribution in [-0.2, 0) is 31.0 Å². The molecule has 0 aromatic heterocycles. The number of carbonyl (C=O) groups is 3. The maximum Gasteiger partial charge on any atom is 0.326 e. The molecule has 1 aromatic rings. The first-order valence-electron chi connectivity index (χ1n) is 8.40. The van der Waals surface area contributed by atoms with Crippen LogP contribution >= 0.6 is 0 Å². The van der Waals surface area contributed by atoms with Crippen molar-refractivity contribution in [2.75, 3.05) is 6.61 Å². The molecule has 0 radical (unpaired) electrons. The number of carbonyl (C=O) groups excluding carboxylic acids is 2. The number of carboxylic acid groups (broad SMARTS) is 1. The summed E-state index contributed by atoms with van der Waals surface area (Å²) in [6.45, 7) is 8.25. The highest BCUT2D eigenvalue weighted by Gasteiger charge is 2.21. The fraction of sp³-hybridized carbons (Fsp3) is 0.526. The minimum atomic E-state index is -1.11. The second-order valence-corrected chi connectivity index (χ2v) is 6.91. The van der Waals surface area contributed by atoms with E-state index in [1.54, 1.807) is 6.92 Å². The quantitative estimate of drug-likeness (QED) is 0.703. The third-order valence-electron chi connectivity index (χ3n) is 3.75. The Morgan fingerprint density at radius 3 is 2.20 bits per heavy atom. The predicted octanol–water partition coefficient (Wildman–Crippen LogP) is 2.44. The molecule has 1 aromatic carbocycles. The summed E-state index contributed by atoms with van der Waals surface area (Å²) in [7, 11) is 0. The van der Waals surface area contributed by atoms with Gasteiger partial charge in [-0.1, -0.05) is 45.0 Å². The number of amides is 1. The summed E-state index contributed by atoms with van der Waals surface area (Å²) in [6, 6.07) is 6.66. The third-order valence-corrected chi connectivity index (χ3v) is 3.75. The van der Waals surface area contributed by atoms with Crippen molar-refractivity contribution < 1.29 is 24.2 Å². The van der Waals surface area contributed by atoms with Gasteiger partial charge in [0.15, 0.2) is 0 Å². The van der Waals surface area contributed by atoms with Crippen molar-refractivity contribution in [1.82, 2.24) is 5.32 Å². The van der Waals surface area contributed by atoms with Crippen LogP contribution < -0.4 is 5.32 Å². The van der Waals surface area contributed by atoms with Crippen molar-refractivity contribution >= 4 is 17.8 Å². The van der Waals surface area contributed by atoms with Crippen molar-refractivity contribution in [2.45, 2.75) is 58.4 Å². The van der Waals surface area contributed by atoms with Crippen LogP contribution in [0.2, 0.25) is 0 Å². The molecule has 0 fully saturated rings. The summed E-state index contributed by atoms with van der Waals surface area (Å²) < 4.78 is 4.74. The van der Waals surface area contributed by atoms with E-state index >= 15 is 0 Å². The van der Waals surface area contributed by atoms with E-state index in [2.05, 4.69) is 26.1 Å². The first-order valence-corrected chi connectivity index (χ1v) is 8.40. The largest absolute Gasteiger partial charge is 0.480 e. The highest BCUT2D eigenvalue weighted by molar-refractivity contribution is 5.85. The normalized spacial score (nSPS) is 12.3. The molecule has 0 saturated carbocycles. The summed E-state index contributed by atoms with van der Waals surface area (Å²) in [5.74, 6) is -2.06. The number of esters is 1. The van der Waals surface area contributed by atoms with Gasteiger partial charge in [0.1, 0.15) is 6.04 Å². The summed E-state index contributed by atoms with van der Waals surface area (Å²) >= 11 is 0. The molecule has 0 aliphatic heterocycles. The zero-order valence-electron chi connectivity index (χ0n) is 15.3. The Morgan fingerprint density at radius 1 is 1.12 bits per heavy atom. The van der Waals surface area contributed by atoms with Gasteiger partial charge in [-0.05, 0) is 23.5 Å². The van der Waals surface area contributed by atoms with E-state index in [0.29, 0.717) is 0 Å². The van der Waals surface area contributed by atoms with E-state index in [1.807, 2.05) is 24.3 Å². The van der Waals surface area contributed by atoms with E-state index in [0.717, 1.165) is 11.1 Å². The summed E-state index contributed by atoms with van der Waals surface area (Å²) in [4.78, 5) is 34.5. The summed E-state index contributed by atoms with van der Waals surface area (Å²) in [5, 5.41) is 11.8. The highest BCUT2D eigenvalue weighted by Crippen LogP contribution is 2.22. The first kappa shape index (κ1) is 20.7. The topological polar surface area (TPSA) is 92.7 Å². The maximum absolute atomic E-state index is 11.9. The summed E-state index contributed by atoms with van der Waals surface area (Å²) in [6.07, 6.45) is 0.0305. The van der Waals surface area contributed by atoms with Crippen LogP contribution in [0.3, 0.4) is 0 Å². The van der Waals surface area contributed by atoms with Crippen molar-refractivity contribution in [3.05, 3.63) is 35.4 Å². The van der Waals surface area contributed by atoms with Gasteiger partial charge < -0.3 is 15.2 Å². The Balaban J connectivity index is 2.64. The predicted molar refractivity (Wildman–Crippen MR) is 94.3 cm³/mol. The third kappa shape index (κ3) is 7.37. The smallest absolute Gasteiger partial charge is 0.326 e. The van der Waals surface area contributed by atoms with Gasteiger partial charge in [0.2, 0.25) is 5.91 Å². The van der Waals surface area contributed by atoms with Gasteiger partial charge >= 0.3 is 11.9 Å². The maximum atomic E-state index is 11.9. The Kier molecular flexibility index (Phi) is 7.61. The number of aliphatic carboxylic acids is 1. The molecule has 0 heterocycles. The molecule has 0 spiro atoms. The van der Waals surface area contributed by atoms with Crippen LogP contribution in [-0.4, -0.2) is 35.6 Å². The Bertz CT molecular complexity index is 601. The zero-order valence-corrected chi connectivity index (χ0v) is 15.3. The molecule has 0 aliphatic rings. The van der Waals surface area contributed by atoms with Gasteiger partial charge in [0.25, 0.3) is 0 Å². The Morgan fingerprint density at radius 2 is 1.72 bits per heavy atom. The number of hydrogen-bond acceptors (Lipinski definition) is 4. The van der Waals surface area contributed by atoms with Gasteiger partial charge in [-0.3, -0.25) is 9.59 Å². The monoisotopic (exact) mass is 349 g/mol. The average Bonchev–Trinajstić information content (AvgIpc) is 2.52. The van der Waals surface area contributed by atoms with E-state index in [4.69, 9.17) is 4.74 Å². The van der Waals surface area contributed by atoms with Gasteiger partial charge in [0.05, 0.1) is 13.0 Å². The van der Waals surface area contributed by atoms with Crippen LogP contribution in [0.1, 0.15) is 51.7 Å². The fourth-order valence-electron chi connectivity index (χ4n) is 2.29. The average molecular weight is 349 g/mol. The van der Waals surface area contributed by atoms with E-state index in [-0.39, 0.29) is 31.3 Å². The van der Waals surface area contributed by atoms with Crippen LogP contribution in [0.25, 0.3) is 0 Å². The number of rotatable bonds is 8. The lowest BCUT2D eigenvalue weighted by Gasteiger charge is -2.20. The van der Waals surface area contributed by atoms with Crippen molar-refractivity contribution in [1.29, 1.82) is 0 Å². The lowest BCUT2D eigenvalue weighted by atomic mass is 9.86. The van der Waals surface area contributed by atoms with Crippen LogP contribution in [0.4, 0.5) is 0 Å². The second kappa shape index (κ2) is 9.20. The van der Waals surface area contributed by atoms with Crippen LogP contribution in [0.15, 0.2) is 24.3 Å². The molecule has 1 atom stereocenters. The van der Waals surface area contributed by atoms with E-state index in [9.17, 15) is 19.5 Å². The van der Waals surface area contributed by atoms with Crippen molar-refractivity contribution in [3.63, 3.8) is 0 Å². The van der Waals surface area contributed by atoms with Crippen LogP contribution in [0, 0.1) is 0 Å². The molecular weight excluding hydrogens is 322 g/mol. The molecule has 0 unspecified atom stereocenters. The van der Waals surface area contributed by atoms with Gasteiger partial charge in [-0.2, -0.15) is 0 Å². The molecule has 0 saturated heterocycles. The standard InChI is InChI=1S/C19H27NO5/c1-5-25-17(22)11-10-16(21)20-15(18(23)24)12-13-6-8-14(9-7-13)19(2,3)4/h6-9,15H,5,10-12H2,1-4H3,(H,20,21)(H,23,24)/t15-/m0/s1. The van der Waals surface area contributed by atoms with E-state index < -0.39 is 23.9 Å². The SMILES string of the molecule is CCOC(=O)CCC(=O)N[C@@H](Cc1ccc(C(C)(C)C)cc1)C(=O)O. The lowest BCUT2D eigenvalue weighted by molar-refractivity contribution is -0.144. The number of carboxylic acids is 1.